The van der Waals surface area contributed by atoms with Crippen molar-refractivity contribution in [2.75, 3.05) is 50.9 Å². The van der Waals surface area contributed by atoms with Gasteiger partial charge >= 0.3 is 0 Å². The summed E-state index contributed by atoms with van der Waals surface area (Å²) in [6.07, 6.45) is 3.85. The van der Waals surface area contributed by atoms with Crippen molar-refractivity contribution < 1.29 is 9.47 Å². The highest BCUT2D eigenvalue weighted by Gasteiger charge is 2.38. The van der Waals surface area contributed by atoms with Gasteiger partial charge in [-0.3, -0.25) is 9.47 Å². The van der Waals surface area contributed by atoms with Gasteiger partial charge in [0.05, 0.1) is 25.9 Å². The molecule has 28 heavy (non-hydrogen) atoms. The number of hydrogen-bond acceptors (Lipinski definition) is 6. The van der Waals surface area contributed by atoms with E-state index in [2.05, 4.69) is 52.3 Å². The third-order valence-electron chi connectivity index (χ3n) is 6.43. The number of morpholine rings is 1. The second-order valence-corrected chi connectivity index (χ2v) is 9.77. The molecule has 7 nitrogen and oxygen atoms in total. The van der Waals surface area contributed by atoms with E-state index in [1.54, 1.807) is 0 Å². The number of aromatic nitrogens is 3. The monoisotopic (exact) mass is 391 g/mol. The van der Waals surface area contributed by atoms with Gasteiger partial charge in [0.2, 0.25) is 5.95 Å². The maximum atomic E-state index is 6.06. The fourth-order valence-corrected chi connectivity index (χ4v) is 4.90. The van der Waals surface area contributed by atoms with Crippen LogP contribution in [0, 0.1) is 5.92 Å². The molecule has 3 aliphatic rings. The SMILES string of the molecule is CC1CN(c2nnc(C(C)(C)C)n2CC2CCCCO2)CC1N1CCOCC1. The molecule has 3 atom stereocenters. The first-order valence-corrected chi connectivity index (χ1v) is 11.1. The molecule has 158 valence electrons. The van der Waals surface area contributed by atoms with E-state index in [0.29, 0.717) is 12.0 Å². The van der Waals surface area contributed by atoms with E-state index in [1.807, 2.05) is 0 Å². The van der Waals surface area contributed by atoms with Crippen LogP contribution in [-0.2, 0) is 21.4 Å². The number of anilines is 1. The number of hydrogen-bond donors (Lipinski definition) is 0. The third kappa shape index (κ3) is 4.21. The van der Waals surface area contributed by atoms with Crippen molar-refractivity contribution in [3.8, 4) is 0 Å². The molecule has 1 aromatic rings. The minimum atomic E-state index is -0.0329. The molecule has 0 aliphatic carbocycles. The highest BCUT2D eigenvalue weighted by molar-refractivity contribution is 5.35. The Morgan fingerprint density at radius 3 is 2.50 bits per heavy atom. The molecule has 1 aromatic heterocycles. The first-order chi connectivity index (χ1) is 13.4. The third-order valence-corrected chi connectivity index (χ3v) is 6.43. The fraction of sp³-hybridized carbons (Fsp3) is 0.905. The minimum Gasteiger partial charge on any atom is -0.379 e. The standard InChI is InChI=1S/C21H37N5O2/c1-16-13-25(15-18(16)24-8-11-27-12-9-24)20-23-22-19(21(2,3)4)26(20)14-17-7-5-6-10-28-17/h16-18H,5-15H2,1-4H3. The number of rotatable bonds is 4. The van der Waals surface area contributed by atoms with E-state index in [-0.39, 0.29) is 11.5 Å². The van der Waals surface area contributed by atoms with E-state index >= 15 is 0 Å². The quantitative estimate of drug-likeness (QED) is 0.785. The van der Waals surface area contributed by atoms with Gasteiger partial charge < -0.3 is 14.4 Å². The summed E-state index contributed by atoms with van der Waals surface area (Å²) in [5, 5.41) is 9.33. The maximum absolute atomic E-state index is 6.06. The van der Waals surface area contributed by atoms with Crippen LogP contribution in [0.25, 0.3) is 0 Å². The van der Waals surface area contributed by atoms with Crippen LogP contribution in [0.1, 0.15) is 52.8 Å². The molecule has 0 bridgehead atoms. The molecule has 0 N–H and O–H groups in total. The minimum absolute atomic E-state index is 0.0329. The van der Waals surface area contributed by atoms with Gasteiger partial charge in [0.15, 0.2) is 0 Å². The lowest BCUT2D eigenvalue weighted by molar-refractivity contribution is 0.00530. The summed E-state index contributed by atoms with van der Waals surface area (Å²) in [4.78, 5) is 5.06. The van der Waals surface area contributed by atoms with Crippen molar-refractivity contribution in [2.45, 2.75) is 71.1 Å². The van der Waals surface area contributed by atoms with Crippen molar-refractivity contribution in [1.29, 1.82) is 0 Å². The fourth-order valence-electron chi connectivity index (χ4n) is 4.90. The van der Waals surface area contributed by atoms with Crippen LogP contribution >= 0.6 is 0 Å². The summed E-state index contributed by atoms with van der Waals surface area (Å²) in [5.41, 5.74) is -0.0329. The van der Waals surface area contributed by atoms with Crippen LogP contribution in [0.4, 0.5) is 5.95 Å². The van der Waals surface area contributed by atoms with Crippen molar-refractivity contribution in [1.82, 2.24) is 19.7 Å². The van der Waals surface area contributed by atoms with Crippen LogP contribution in [-0.4, -0.2) is 77.8 Å². The average Bonchev–Trinajstić information content (AvgIpc) is 3.26. The molecule has 7 heteroatoms. The summed E-state index contributed by atoms with van der Waals surface area (Å²) in [6.45, 7) is 16.6. The Bertz CT molecular complexity index is 644. The summed E-state index contributed by atoms with van der Waals surface area (Å²) in [7, 11) is 0. The smallest absolute Gasteiger partial charge is 0.227 e. The molecular formula is C21H37N5O2. The first kappa shape index (κ1) is 20.1. The van der Waals surface area contributed by atoms with E-state index in [0.717, 1.165) is 70.7 Å². The Balaban J connectivity index is 1.55. The summed E-state index contributed by atoms with van der Waals surface area (Å²) in [6, 6.07) is 0.568. The van der Waals surface area contributed by atoms with Gasteiger partial charge in [0.25, 0.3) is 0 Å². The molecule has 3 fully saturated rings. The lowest BCUT2D eigenvalue weighted by Crippen LogP contribution is -2.46. The molecule has 0 amide bonds. The van der Waals surface area contributed by atoms with Gasteiger partial charge in [-0.15, -0.1) is 10.2 Å². The Kier molecular flexibility index (Phi) is 5.95. The molecule has 0 aromatic carbocycles. The lowest BCUT2D eigenvalue weighted by Gasteiger charge is -2.34. The van der Waals surface area contributed by atoms with E-state index < -0.39 is 0 Å². The molecule has 4 rings (SSSR count). The zero-order chi connectivity index (χ0) is 19.7. The molecule has 3 saturated heterocycles. The van der Waals surface area contributed by atoms with E-state index in [1.165, 1.54) is 12.8 Å². The Morgan fingerprint density at radius 2 is 1.82 bits per heavy atom. The van der Waals surface area contributed by atoms with Gasteiger partial charge in [-0.25, -0.2) is 0 Å². The Morgan fingerprint density at radius 1 is 1.04 bits per heavy atom. The van der Waals surface area contributed by atoms with Crippen LogP contribution in [0.5, 0.6) is 0 Å². The van der Waals surface area contributed by atoms with Gasteiger partial charge in [-0.05, 0) is 25.2 Å². The van der Waals surface area contributed by atoms with Crippen LogP contribution in [0.15, 0.2) is 0 Å². The van der Waals surface area contributed by atoms with Crippen LogP contribution < -0.4 is 4.90 Å². The summed E-state index contributed by atoms with van der Waals surface area (Å²) >= 11 is 0. The highest BCUT2D eigenvalue weighted by atomic mass is 16.5. The zero-order valence-corrected chi connectivity index (χ0v) is 18.1. The zero-order valence-electron chi connectivity index (χ0n) is 18.1. The number of nitrogens with zero attached hydrogens (tertiary/aromatic N) is 5. The van der Waals surface area contributed by atoms with Crippen molar-refractivity contribution >= 4 is 5.95 Å². The normalized spacial score (nSPS) is 30.1. The molecule has 3 aliphatic heterocycles. The van der Waals surface area contributed by atoms with Gasteiger partial charge in [0, 0.05) is 44.2 Å². The average molecular weight is 392 g/mol. The second-order valence-electron chi connectivity index (χ2n) is 9.77. The molecule has 0 spiro atoms. The van der Waals surface area contributed by atoms with Crippen molar-refractivity contribution in [3.63, 3.8) is 0 Å². The van der Waals surface area contributed by atoms with Gasteiger partial charge in [-0.2, -0.15) is 0 Å². The van der Waals surface area contributed by atoms with Gasteiger partial charge in [-0.1, -0.05) is 27.7 Å². The molecule has 4 heterocycles. The number of ether oxygens (including phenoxy) is 2. The van der Waals surface area contributed by atoms with E-state index in [4.69, 9.17) is 9.47 Å². The molecule has 0 saturated carbocycles. The predicted octanol–water partition coefficient (Wildman–Crippen LogP) is 2.30. The lowest BCUT2D eigenvalue weighted by atomic mass is 9.95. The predicted molar refractivity (Wildman–Crippen MR) is 110 cm³/mol. The molecule has 0 radical (unpaired) electrons. The van der Waals surface area contributed by atoms with Crippen LogP contribution in [0.2, 0.25) is 0 Å². The van der Waals surface area contributed by atoms with Crippen molar-refractivity contribution in [3.05, 3.63) is 5.82 Å². The summed E-state index contributed by atoms with van der Waals surface area (Å²) < 4.78 is 14.0. The van der Waals surface area contributed by atoms with Gasteiger partial charge in [0.1, 0.15) is 5.82 Å². The topological polar surface area (TPSA) is 55.7 Å². The Labute approximate surface area is 169 Å². The van der Waals surface area contributed by atoms with Crippen LogP contribution in [0.3, 0.4) is 0 Å². The summed E-state index contributed by atoms with van der Waals surface area (Å²) in [5.74, 6) is 2.72. The van der Waals surface area contributed by atoms with Crippen molar-refractivity contribution in [2.24, 2.45) is 5.92 Å². The Hall–Kier alpha value is -1.18. The highest BCUT2D eigenvalue weighted by Crippen LogP contribution is 2.31. The molecule has 3 unspecified atom stereocenters. The second kappa shape index (κ2) is 8.28. The van der Waals surface area contributed by atoms with E-state index in [9.17, 15) is 0 Å². The first-order valence-electron chi connectivity index (χ1n) is 11.1. The molecular weight excluding hydrogens is 354 g/mol. The largest absolute Gasteiger partial charge is 0.379 e. The maximum Gasteiger partial charge on any atom is 0.227 e.